The first-order valence-electron chi connectivity index (χ1n) is 5.39. The number of benzene rings is 1. The molecule has 18 heavy (non-hydrogen) atoms. The minimum absolute atomic E-state index is 0.130. The van der Waals surface area contributed by atoms with Crippen LogP contribution in [0.25, 0.3) is 0 Å². The number of hydrogen-bond donors (Lipinski definition) is 1. The molecule has 0 heterocycles. The number of aliphatic hydroxyl groups is 1. The lowest BCUT2D eigenvalue weighted by Crippen LogP contribution is -2.34. The van der Waals surface area contributed by atoms with E-state index in [9.17, 15) is 18.3 Å². The Morgan fingerprint density at radius 3 is 2.22 bits per heavy atom. The Hall–Kier alpha value is -1.40. The molecule has 0 fully saturated rings. The van der Waals surface area contributed by atoms with Crippen molar-refractivity contribution in [2.24, 2.45) is 0 Å². The summed E-state index contributed by atoms with van der Waals surface area (Å²) in [5.74, 6) is -0.767. The van der Waals surface area contributed by atoms with E-state index >= 15 is 0 Å². The summed E-state index contributed by atoms with van der Waals surface area (Å²) in [7, 11) is -3.29. The molecule has 1 aromatic carbocycles. The van der Waals surface area contributed by atoms with Crippen molar-refractivity contribution in [1.82, 2.24) is 0 Å². The van der Waals surface area contributed by atoms with E-state index in [1.807, 2.05) is 0 Å². The number of carbonyl (C=O) groups excluding carboxylic acids is 1. The Morgan fingerprint density at radius 2 is 1.83 bits per heavy atom. The lowest BCUT2D eigenvalue weighted by molar-refractivity contribution is -0.164. The first-order valence-corrected chi connectivity index (χ1v) is 7.29. The first kappa shape index (κ1) is 14.7. The van der Waals surface area contributed by atoms with Crippen LogP contribution < -0.4 is 0 Å². The quantitative estimate of drug-likeness (QED) is 0.822. The average molecular weight is 272 g/mol. The molecule has 1 aromatic rings. The fourth-order valence-electron chi connectivity index (χ4n) is 1.42. The molecule has 100 valence electrons. The second-order valence-electron chi connectivity index (χ2n) is 4.09. The van der Waals surface area contributed by atoms with E-state index in [1.54, 1.807) is 6.92 Å². The third-order valence-corrected chi connectivity index (χ3v) is 3.65. The fourth-order valence-corrected chi connectivity index (χ4v) is 2.05. The lowest BCUT2D eigenvalue weighted by Gasteiger charge is -2.21. The summed E-state index contributed by atoms with van der Waals surface area (Å²) in [6.45, 7) is 3.11. The van der Waals surface area contributed by atoms with Gasteiger partial charge in [-0.05, 0) is 31.5 Å². The first-order chi connectivity index (χ1) is 8.19. The highest BCUT2D eigenvalue weighted by Gasteiger charge is 2.34. The number of ether oxygens (including phenoxy) is 1. The van der Waals surface area contributed by atoms with E-state index < -0.39 is 21.4 Å². The van der Waals surface area contributed by atoms with Crippen molar-refractivity contribution in [3.63, 3.8) is 0 Å². The molecular formula is C12H16O5S. The molecule has 0 aliphatic heterocycles. The van der Waals surface area contributed by atoms with Gasteiger partial charge in [-0.15, -0.1) is 0 Å². The Bertz CT molecular complexity index is 528. The number of esters is 1. The van der Waals surface area contributed by atoms with Crippen LogP contribution in [-0.4, -0.2) is 32.4 Å². The normalized spacial score (nSPS) is 14.9. The van der Waals surface area contributed by atoms with E-state index in [1.165, 1.54) is 31.2 Å². The largest absolute Gasteiger partial charge is 0.464 e. The zero-order chi connectivity index (χ0) is 14.0. The van der Waals surface area contributed by atoms with Crippen LogP contribution in [0.3, 0.4) is 0 Å². The number of rotatable bonds is 4. The van der Waals surface area contributed by atoms with Gasteiger partial charge in [0.25, 0.3) is 0 Å². The van der Waals surface area contributed by atoms with E-state index in [-0.39, 0.29) is 17.1 Å². The average Bonchev–Trinajstić information content (AvgIpc) is 2.28. The molecule has 5 nitrogen and oxygen atoms in total. The van der Waals surface area contributed by atoms with Crippen molar-refractivity contribution < 1.29 is 23.1 Å². The predicted molar refractivity (Wildman–Crippen MR) is 65.8 cm³/mol. The third kappa shape index (κ3) is 3.08. The molecule has 0 aliphatic carbocycles. The lowest BCUT2D eigenvalue weighted by atomic mass is 9.96. The van der Waals surface area contributed by atoms with Gasteiger partial charge >= 0.3 is 5.97 Å². The minimum Gasteiger partial charge on any atom is -0.464 e. The van der Waals surface area contributed by atoms with Crippen LogP contribution in [0.1, 0.15) is 19.4 Å². The monoisotopic (exact) mass is 272 g/mol. The smallest absolute Gasteiger partial charge is 0.342 e. The standard InChI is InChI=1S/C12H16O5S/c1-4-17-11(13)12(2,14)9-5-7-10(8-6-9)18(3,15)16/h5-8,14H,4H2,1-3H3/t12-/m0/s1. The summed E-state index contributed by atoms with van der Waals surface area (Å²) in [4.78, 5) is 11.7. The van der Waals surface area contributed by atoms with Gasteiger partial charge in [-0.3, -0.25) is 0 Å². The van der Waals surface area contributed by atoms with Crippen molar-refractivity contribution in [1.29, 1.82) is 0 Å². The van der Waals surface area contributed by atoms with Crippen LogP contribution >= 0.6 is 0 Å². The molecule has 0 radical (unpaired) electrons. The van der Waals surface area contributed by atoms with Crippen LogP contribution in [-0.2, 0) is 25.0 Å². The van der Waals surface area contributed by atoms with Gasteiger partial charge < -0.3 is 9.84 Å². The fraction of sp³-hybridized carbons (Fsp3) is 0.417. The van der Waals surface area contributed by atoms with Gasteiger partial charge in [0, 0.05) is 6.26 Å². The highest BCUT2D eigenvalue weighted by Crippen LogP contribution is 2.23. The van der Waals surface area contributed by atoms with Crippen molar-refractivity contribution in [3.8, 4) is 0 Å². The van der Waals surface area contributed by atoms with Gasteiger partial charge in [0.1, 0.15) is 0 Å². The van der Waals surface area contributed by atoms with Gasteiger partial charge in [-0.2, -0.15) is 0 Å². The van der Waals surface area contributed by atoms with Crippen molar-refractivity contribution in [3.05, 3.63) is 29.8 Å². The molecule has 0 saturated heterocycles. The Morgan fingerprint density at radius 1 is 1.33 bits per heavy atom. The second kappa shape index (κ2) is 5.07. The van der Waals surface area contributed by atoms with Crippen LogP contribution in [0.4, 0.5) is 0 Å². The topological polar surface area (TPSA) is 80.7 Å². The van der Waals surface area contributed by atoms with Crippen molar-refractivity contribution in [2.45, 2.75) is 24.3 Å². The summed E-state index contributed by atoms with van der Waals surface area (Å²) in [6, 6.07) is 5.48. The van der Waals surface area contributed by atoms with E-state index in [4.69, 9.17) is 4.74 Å². The van der Waals surface area contributed by atoms with Gasteiger partial charge in [0.05, 0.1) is 11.5 Å². The zero-order valence-corrected chi connectivity index (χ0v) is 11.3. The summed E-state index contributed by atoms with van der Waals surface area (Å²) < 4.78 is 27.3. The van der Waals surface area contributed by atoms with Gasteiger partial charge in [-0.1, -0.05) is 12.1 Å². The minimum atomic E-state index is -3.29. The molecule has 0 saturated carbocycles. The van der Waals surface area contributed by atoms with Crippen molar-refractivity contribution >= 4 is 15.8 Å². The highest BCUT2D eigenvalue weighted by atomic mass is 32.2. The molecule has 0 bridgehead atoms. The van der Waals surface area contributed by atoms with Gasteiger partial charge in [0.15, 0.2) is 15.4 Å². The number of carbonyl (C=O) groups is 1. The predicted octanol–water partition coefficient (Wildman–Crippen LogP) is 0.861. The molecule has 1 N–H and O–H groups in total. The molecule has 1 rings (SSSR count). The van der Waals surface area contributed by atoms with Crippen LogP contribution in [0.5, 0.6) is 0 Å². The van der Waals surface area contributed by atoms with Crippen LogP contribution in [0.2, 0.25) is 0 Å². The number of hydrogen-bond acceptors (Lipinski definition) is 5. The SMILES string of the molecule is CCOC(=O)[C@@](C)(O)c1ccc(S(C)(=O)=O)cc1. The summed E-state index contributed by atoms with van der Waals surface area (Å²) >= 11 is 0. The Balaban J connectivity index is 3.08. The van der Waals surface area contributed by atoms with Gasteiger partial charge in [-0.25, -0.2) is 13.2 Å². The molecule has 0 aromatic heterocycles. The molecule has 0 unspecified atom stereocenters. The zero-order valence-electron chi connectivity index (χ0n) is 10.5. The molecule has 6 heteroatoms. The van der Waals surface area contributed by atoms with Gasteiger partial charge in [0.2, 0.25) is 0 Å². The van der Waals surface area contributed by atoms with Crippen LogP contribution in [0, 0.1) is 0 Å². The van der Waals surface area contributed by atoms with Crippen LogP contribution in [0.15, 0.2) is 29.2 Å². The summed E-state index contributed by atoms with van der Waals surface area (Å²) in [6.07, 6.45) is 1.09. The maximum Gasteiger partial charge on any atom is 0.342 e. The summed E-state index contributed by atoms with van der Waals surface area (Å²) in [5, 5.41) is 10.1. The third-order valence-electron chi connectivity index (χ3n) is 2.52. The van der Waals surface area contributed by atoms with E-state index in [0.29, 0.717) is 0 Å². The van der Waals surface area contributed by atoms with E-state index in [0.717, 1.165) is 6.26 Å². The molecule has 1 atom stereocenters. The summed E-state index contributed by atoms with van der Waals surface area (Å²) in [5.41, 5.74) is -1.50. The molecule has 0 amide bonds. The van der Waals surface area contributed by atoms with Crippen molar-refractivity contribution in [2.75, 3.05) is 12.9 Å². The molecule has 0 spiro atoms. The molecular weight excluding hydrogens is 256 g/mol. The maximum atomic E-state index is 11.6. The Labute approximate surface area is 106 Å². The second-order valence-corrected chi connectivity index (χ2v) is 6.10. The molecule has 0 aliphatic rings. The maximum absolute atomic E-state index is 11.6. The Kier molecular flexibility index (Phi) is 4.13. The van der Waals surface area contributed by atoms with E-state index in [2.05, 4.69) is 0 Å². The highest BCUT2D eigenvalue weighted by molar-refractivity contribution is 7.90. The number of sulfone groups is 1.